The largest absolute Gasteiger partial charge is 0.481 e. The smallest absolute Gasteiger partial charge is 0.308 e. The van der Waals surface area contributed by atoms with Gasteiger partial charge in [0.2, 0.25) is 5.91 Å². The van der Waals surface area contributed by atoms with E-state index in [0.717, 1.165) is 0 Å². The highest BCUT2D eigenvalue weighted by molar-refractivity contribution is 5.82. The Morgan fingerprint density at radius 1 is 1.35 bits per heavy atom. The van der Waals surface area contributed by atoms with E-state index in [2.05, 4.69) is 5.32 Å². The van der Waals surface area contributed by atoms with Gasteiger partial charge >= 0.3 is 5.97 Å². The minimum absolute atomic E-state index is 0.162. The topological polar surface area (TPSA) is 92.4 Å². The normalized spacial score (nSPS) is 13.5. The quantitative estimate of drug-likeness (QED) is 0.618. The highest BCUT2D eigenvalue weighted by atomic mass is 16.4. The zero-order chi connectivity index (χ0) is 13.6. The molecule has 100 valence electrons. The number of hydrogen-bond acceptors (Lipinski definition) is 3. The molecule has 0 aliphatic rings. The SMILES string of the molecule is CC(C)CC(CNC(=O)C(C)(C)CN)C(=O)O. The van der Waals surface area contributed by atoms with Gasteiger partial charge in [-0.15, -0.1) is 0 Å². The average Bonchev–Trinajstić information content (AvgIpc) is 2.22. The lowest BCUT2D eigenvalue weighted by atomic mass is 9.91. The molecule has 0 heterocycles. The summed E-state index contributed by atoms with van der Waals surface area (Å²) in [6, 6.07) is 0. The predicted molar refractivity (Wildman–Crippen MR) is 66.4 cm³/mol. The van der Waals surface area contributed by atoms with Crippen LogP contribution in [-0.4, -0.2) is 30.1 Å². The van der Waals surface area contributed by atoms with Crippen LogP contribution in [0, 0.1) is 17.3 Å². The molecule has 0 aliphatic carbocycles. The Hall–Kier alpha value is -1.10. The summed E-state index contributed by atoms with van der Waals surface area (Å²) < 4.78 is 0. The summed E-state index contributed by atoms with van der Waals surface area (Å²) in [5, 5.41) is 11.7. The molecule has 1 amide bonds. The van der Waals surface area contributed by atoms with Gasteiger partial charge in [-0.1, -0.05) is 13.8 Å². The first-order valence-electron chi connectivity index (χ1n) is 5.92. The molecule has 1 unspecified atom stereocenters. The molecule has 0 rings (SSSR count). The number of carbonyl (C=O) groups is 2. The van der Waals surface area contributed by atoms with Gasteiger partial charge in [-0.05, 0) is 26.2 Å². The van der Waals surface area contributed by atoms with E-state index < -0.39 is 17.3 Å². The zero-order valence-corrected chi connectivity index (χ0v) is 11.1. The Morgan fingerprint density at radius 2 is 1.88 bits per heavy atom. The summed E-state index contributed by atoms with van der Waals surface area (Å²) in [5.74, 6) is -1.32. The predicted octanol–water partition coefficient (Wildman–Crippen LogP) is 0.834. The van der Waals surface area contributed by atoms with E-state index in [1.54, 1.807) is 13.8 Å². The molecule has 0 aromatic carbocycles. The maximum absolute atomic E-state index is 11.7. The Morgan fingerprint density at radius 3 is 2.24 bits per heavy atom. The molecule has 0 radical (unpaired) electrons. The molecule has 1 atom stereocenters. The lowest BCUT2D eigenvalue weighted by molar-refractivity contribution is -0.142. The first kappa shape index (κ1) is 15.9. The number of hydrogen-bond donors (Lipinski definition) is 3. The number of carboxylic acids is 1. The molecule has 0 bridgehead atoms. The molecule has 17 heavy (non-hydrogen) atoms. The van der Waals surface area contributed by atoms with E-state index in [1.807, 2.05) is 13.8 Å². The summed E-state index contributed by atoms with van der Waals surface area (Å²) >= 11 is 0. The minimum Gasteiger partial charge on any atom is -0.481 e. The van der Waals surface area contributed by atoms with Crippen molar-refractivity contribution in [3.05, 3.63) is 0 Å². The van der Waals surface area contributed by atoms with Gasteiger partial charge in [-0.2, -0.15) is 0 Å². The van der Waals surface area contributed by atoms with Crippen LogP contribution >= 0.6 is 0 Å². The Kier molecular flexibility index (Phi) is 6.16. The van der Waals surface area contributed by atoms with E-state index in [9.17, 15) is 9.59 Å². The van der Waals surface area contributed by atoms with Gasteiger partial charge in [0.15, 0.2) is 0 Å². The van der Waals surface area contributed by atoms with E-state index in [1.165, 1.54) is 0 Å². The molecule has 4 N–H and O–H groups in total. The third-order valence-corrected chi connectivity index (χ3v) is 2.74. The van der Waals surface area contributed by atoms with Gasteiger partial charge < -0.3 is 16.2 Å². The first-order valence-corrected chi connectivity index (χ1v) is 5.92. The maximum atomic E-state index is 11.7. The van der Waals surface area contributed by atoms with Gasteiger partial charge in [0.1, 0.15) is 0 Å². The van der Waals surface area contributed by atoms with Crippen molar-refractivity contribution in [3.8, 4) is 0 Å². The Balaban J connectivity index is 4.32. The summed E-state index contributed by atoms with van der Waals surface area (Å²) in [5.41, 5.74) is 4.83. The third-order valence-electron chi connectivity index (χ3n) is 2.74. The van der Waals surface area contributed by atoms with Crippen LogP contribution in [0.3, 0.4) is 0 Å². The van der Waals surface area contributed by atoms with Gasteiger partial charge in [-0.3, -0.25) is 9.59 Å². The van der Waals surface area contributed by atoms with E-state index in [-0.39, 0.29) is 24.9 Å². The maximum Gasteiger partial charge on any atom is 0.308 e. The van der Waals surface area contributed by atoms with Crippen molar-refractivity contribution in [2.45, 2.75) is 34.1 Å². The van der Waals surface area contributed by atoms with Gasteiger partial charge in [-0.25, -0.2) is 0 Å². The molecule has 0 saturated heterocycles. The number of rotatable bonds is 7. The van der Waals surface area contributed by atoms with Crippen molar-refractivity contribution in [1.29, 1.82) is 0 Å². The van der Waals surface area contributed by atoms with Gasteiger partial charge in [0, 0.05) is 13.1 Å². The summed E-state index contributed by atoms with van der Waals surface area (Å²) in [6.45, 7) is 7.79. The number of amides is 1. The van der Waals surface area contributed by atoms with Crippen molar-refractivity contribution in [2.75, 3.05) is 13.1 Å². The molecule has 0 fully saturated rings. The highest BCUT2D eigenvalue weighted by Crippen LogP contribution is 2.14. The van der Waals surface area contributed by atoms with Crippen LogP contribution in [0.5, 0.6) is 0 Å². The number of carbonyl (C=O) groups excluding carboxylic acids is 1. The summed E-state index contributed by atoms with van der Waals surface area (Å²) in [7, 11) is 0. The molecule has 0 spiro atoms. The molecule has 0 saturated carbocycles. The lowest BCUT2D eigenvalue weighted by Crippen LogP contribution is -2.44. The highest BCUT2D eigenvalue weighted by Gasteiger charge is 2.27. The average molecular weight is 244 g/mol. The van der Waals surface area contributed by atoms with Crippen LogP contribution in [-0.2, 0) is 9.59 Å². The monoisotopic (exact) mass is 244 g/mol. The van der Waals surface area contributed by atoms with Crippen molar-refractivity contribution in [2.24, 2.45) is 23.0 Å². The summed E-state index contributed by atoms with van der Waals surface area (Å²) in [6.07, 6.45) is 0.554. The van der Waals surface area contributed by atoms with Gasteiger partial charge in [0.25, 0.3) is 0 Å². The van der Waals surface area contributed by atoms with E-state index in [0.29, 0.717) is 6.42 Å². The van der Waals surface area contributed by atoms with E-state index in [4.69, 9.17) is 10.8 Å². The molecular weight excluding hydrogens is 220 g/mol. The second kappa shape index (κ2) is 6.59. The summed E-state index contributed by atoms with van der Waals surface area (Å²) in [4.78, 5) is 22.7. The Labute approximate surface area is 103 Å². The fourth-order valence-corrected chi connectivity index (χ4v) is 1.39. The van der Waals surface area contributed by atoms with Crippen LogP contribution in [0.2, 0.25) is 0 Å². The molecule has 0 aromatic rings. The molecule has 0 aromatic heterocycles. The van der Waals surface area contributed by atoms with Gasteiger partial charge in [0.05, 0.1) is 11.3 Å². The number of aliphatic carboxylic acids is 1. The van der Waals surface area contributed by atoms with Crippen molar-refractivity contribution in [3.63, 3.8) is 0 Å². The van der Waals surface area contributed by atoms with Crippen LogP contribution in [0.15, 0.2) is 0 Å². The molecule has 5 heteroatoms. The fraction of sp³-hybridized carbons (Fsp3) is 0.833. The number of carboxylic acid groups (broad SMARTS) is 1. The zero-order valence-electron chi connectivity index (χ0n) is 11.1. The second-order valence-corrected chi connectivity index (χ2v) is 5.46. The molecular formula is C12H24N2O3. The van der Waals surface area contributed by atoms with E-state index >= 15 is 0 Å². The number of nitrogens with two attached hydrogens (primary N) is 1. The molecule has 5 nitrogen and oxygen atoms in total. The first-order chi connectivity index (χ1) is 7.70. The number of nitrogens with one attached hydrogen (secondary N) is 1. The fourth-order valence-electron chi connectivity index (χ4n) is 1.39. The standard InChI is InChI=1S/C12H24N2O3/c1-8(2)5-9(10(15)16)6-14-11(17)12(3,4)7-13/h8-9H,5-7,13H2,1-4H3,(H,14,17)(H,15,16). The van der Waals surface area contributed by atoms with Crippen molar-refractivity contribution < 1.29 is 14.7 Å². The van der Waals surface area contributed by atoms with Crippen molar-refractivity contribution in [1.82, 2.24) is 5.32 Å². The third kappa shape index (κ3) is 5.68. The lowest BCUT2D eigenvalue weighted by Gasteiger charge is -2.23. The van der Waals surface area contributed by atoms with Crippen LogP contribution < -0.4 is 11.1 Å². The molecule has 0 aliphatic heterocycles. The van der Waals surface area contributed by atoms with Crippen LogP contribution in [0.25, 0.3) is 0 Å². The minimum atomic E-state index is -0.871. The van der Waals surface area contributed by atoms with Crippen LogP contribution in [0.4, 0.5) is 0 Å². The van der Waals surface area contributed by atoms with Crippen molar-refractivity contribution >= 4 is 11.9 Å². The Bertz CT molecular complexity index is 275. The second-order valence-electron chi connectivity index (χ2n) is 5.46. The van der Waals surface area contributed by atoms with Crippen LogP contribution in [0.1, 0.15) is 34.1 Å².